The molecule has 114 valence electrons. The highest BCUT2D eigenvalue weighted by Gasteiger charge is 2.29. The number of carbonyl (C=O) groups excluding carboxylic acids is 1. The number of nitrogens with one attached hydrogen (secondary N) is 1. The molecule has 0 fully saturated rings. The van der Waals surface area contributed by atoms with Crippen molar-refractivity contribution in [2.24, 2.45) is 5.92 Å². The second kappa shape index (κ2) is 7.36. The normalized spacial score (nSPS) is 18.2. The molecular weight excluding hydrogens is 290 g/mol. The highest BCUT2D eigenvalue weighted by Crippen LogP contribution is 2.26. The molecule has 0 bridgehead atoms. The van der Waals surface area contributed by atoms with Crippen LogP contribution in [0.3, 0.4) is 0 Å². The maximum absolute atomic E-state index is 12.2. The van der Waals surface area contributed by atoms with Gasteiger partial charge in [-0.15, -0.1) is 0 Å². The Morgan fingerprint density at radius 3 is 2.95 bits per heavy atom. The Balaban J connectivity index is 1.96. The molecule has 0 saturated heterocycles. The number of aliphatic carboxylic acids is 1. The van der Waals surface area contributed by atoms with Crippen LogP contribution in [0.15, 0.2) is 24.3 Å². The third kappa shape index (κ3) is 4.14. The van der Waals surface area contributed by atoms with Crippen LogP contribution >= 0.6 is 11.8 Å². The lowest BCUT2D eigenvalue weighted by atomic mass is 9.95. The minimum absolute atomic E-state index is 0.252. The first kappa shape index (κ1) is 15.7. The Hall–Kier alpha value is -1.69. The molecule has 1 aliphatic heterocycles. The Kier molecular flexibility index (Phi) is 5.50. The van der Waals surface area contributed by atoms with Crippen molar-refractivity contribution in [3.05, 3.63) is 29.8 Å². The van der Waals surface area contributed by atoms with Crippen LogP contribution in [-0.2, 0) is 16.0 Å². The number of ether oxygens (including phenoxy) is 1. The number of carboxylic acids is 1. The number of benzene rings is 1. The Bertz CT molecular complexity index is 520. The molecule has 1 heterocycles. The Morgan fingerprint density at radius 1 is 1.48 bits per heavy atom. The number of thioether (sulfide) groups is 1. The molecule has 1 aliphatic rings. The third-order valence-electron chi connectivity index (χ3n) is 3.47. The molecule has 2 atom stereocenters. The van der Waals surface area contributed by atoms with Crippen LogP contribution in [0, 0.1) is 5.92 Å². The largest absolute Gasteiger partial charge is 0.492 e. The molecule has 0 saturated carbocycles. The third-order valence-corrected chi connectivity index (χ3v) is 4.12. The van der Waals surface area contributed by atoms with Gasteiger partial charge in [0.05, 0.1) is 5.92 Å². The van der Waals surface area contributed by atoms with Gasteiger partial charge < -0.3 is 15.2 Å². The number of hydrogen-bond acceptors (Lipinski definition) is 4. The lowest BCUT2D eigenvalue weighted by Gasteiger charge is -2.25. The molecule has 0 aliphatic carbocycles. The number of carboxylic acid groups (broad SMARTS) is 1. The lowest BCUT2D eigenvalue weighted by Crippen LogP contribution is -2.46. The van der Waals surface area contributed by atoms with Gasteiger partial charge in [0.1, 0.15) is 18.4 Å². The molecule has 2 N–H and O–H groups in total. The van der Waals surface area contributed by atoms with Crippen molar-refractivity contribution in [2.45, 2.75) is 18.9 Å². The summed E-state index contributed by atoms with van der Waals surface area (Å²) in [5.74, 6) is -0.0800. The van der Waals surface area contributed by atoms with E-state index < -0.39 is 12.0 Å². The van der Waals surface area contributed by atoms with E-state index in [1.54, 1.807) is 11.8 Å². The molecule has 21 heavy (non-hydrogen) atoms. The molecule has 0 aromatic heterocycles. The van der Waals surface area contributed by atoms with E-state index >= 15 is 0 Å². The van der Waals surface area contributed by atoms with E-state index in [1.807, 2.05) is 30.5 Å². The summed E-state index contributed by atoms with van der Waals surface area (Å²) in [4.78, 5) is 23.4. The van der Waals surface area contributed by atoms with Gasteiger partial charge in [0.15, 0.2) is 0 Å². The van der Waals surface area contributed by atoms with Crippen molar-refractivity contribution in [2.75, 3.05) is 18.6 Å². The standard InChI is InChI=1S/C15H19NO4S/c1-21-7-6-12(15(18)19)16-14(17)11-8-10-4-2-3-5-13(10)20-9-11/h2-5,11-12H,6-9H2,1H3,(H,16,17)(H,18,19). The molecule has 1 aromatic carbocycles. The van der Waals surface area contributed by atoms with Crippen molar-refractivity contribution in [1.82, 2.24) is 5.32 Å². The van der Waals surface area contributed by atoms with Crippen LogP contribution in [0.2, 0.25) is 0 Å². The van der Waals surface area contributed by atoms with E-state index in [0.717, 1.165) is 11.3 Å². The van der Waals surface area contributed by atoms with Gasteiger partial charge in [-0.1, -0.05) is 18.2 Å². The zero-order valence-electron chi connectivity index (χ0n) is 11.9. The van der Waals surface area contributed by atoms with E-state index in [-0.39, 0.29) is 18.4 Å². The summed E-state index contributed by atoms with van der Waals surface area (Å²) in [5.41, 5.74) is 0.986. The molecule has 5 nitrogen and oxygen atoms in total. The number of para-hydroxylation sites is 1. The fourth-order valence-electron chi connectivity index (χ4n) is 2.28. The second-order valence-electron chi connectivity index (χ2n) is 5.00. The fraction of sp³-hybridized carbons (Fsp3) is 0.467. The van der Waals surface area contributed by atoms with Crippen molar-refractivity contribution >= 4 is 23.6 Å². The first-order chi connectivity index (χ1) is 10.1. The summed E-state index contributed by atoms with van der Waals surface area (Å²) in [6.07, 6.45) is 2.91. The van der Waals surface area contributed by atoms with Crippen LogP contribution in [0.5, 0.6) is 5.75 Å². The quantitative estimate of drug-likeness (QED) is 0.834. The van der Waals surface area contributed by atoms with E-state index in [2.05, 4.69) is 5.32 Å². The number of rotatable bonds is 6. The predicted molar refractivity (Wildman–Crippen MR) is 81.7 cm³/mol. The fourth-order valence-corrected chi connectivity index (χ4v) is 2.75. The van der Waals surface area contributed by atoms with Crippen LogP contribution in [0.4, 0.5) is 0 Å². The topological polar surface area (TPSA) is 75.6 Å². The predicted octanol–water partition coefficient (Wildman–Crippen LogP) is 1.56. The minimum Gasteiger partial charge on any atom is -0.492 e. The average Bonchev–Trinajstić information content (AvgIpc) is 2.50. The SMILES string of the molecule is CSCCC(NC(=O)C1COc2ccccc2C1)C(=O)O. The first-order valence-corrected chi connectivity index (χ1v) is 8.24. The van der Waals surface area contributed by atoms with Crippen molar-refractivity contribution < 1.29 is 19.4 Å². The Labute approximate surface area is 128 Å². The van der Waals surface area contributed by atoms with Crippen molar-refractivity contribution in [3.8, 4) is 5.75 Å². The van der Waals surface area contributed by atoms with Crippen molar-refractivity contribution in [1.29, 1.82) is 0 Å². The average molecular weight is 309 g/mol. The first-order valence-electron chi connectivity index (χ1n) is 6.84. The molecule has 2 rings (SSSR count). The summed E-state index contributed by atoms with van der Waals surface area (Å²) in [6, 6.07) is 6.77. The van der Waals surface area contributed by atoms with E-state index in [1.165, 1.54) is 0 Å². The van der Waals surface area contributed by atoms with Gasteiger partial charge >= 0.3 is 5.97 Å². The zero-order valence-corrected chi connectivity index (χ0v) is 12.7. The monoisotopic (exact) mass is 309 g/mol. The van der Waals surface area contributed by atoms with Crippen molar-refractivity contribution in [3.63, 3.8) is 0 Å². The number of hydrogen-bond donors (Lipinski definition) is 2. The van der Waals surface area contributed by atoms with E-state index in [9.17, 15) is 9.59 Å². The molecule has 6 heteroatoms. The van der Waals surface area contributed by atoms with Crippen LogP contribution < -0.4 is 10.1 Å². The summed E-state index contributed by atoms with van der Waals surface area (Å²) in [5, 5.41) is 11.8. The second-order valence-corrected chi connectivity index (χ2v) is 5.99. The van der Waals surface area contributed by atoms with E-state index in [0.29, 0.717) is 18.6 Å². The maximum atomic E-state index is 12.2. The summed E-state index contributed by atoms with van der Waals surface area (Å²) in [6.45, 7) is 0.289. The van der Waals surface area contributed by atoms with Crippen LogP contribution in [0.25, 0.3) is 0 Å². The smallest absolute Gasteiger partial charge is 0.326 e. The molecule has 1 amide bonds. The minimum atomic E-state index is -0.991. The highest BCUT2D eigenvalue weighted by atomic mass is 32.2. The highest BCUT2D eigenvalue weighted by molar-refractivity contribution is 7.98. The summed E-state index contributed by atoms with van der Waals surface area (Å²) >= 11 is 1.56. The van der Waals surface area contributed by atoms with Gasteiger partial charge in [-0.2, -0.15) is 11.8 Å². The molecule has 1 aromatic rings. The molecular formula is C15H19NO4S. The van der Waals surface area contributed by atoms with Gasteiger partial charge in [-0.05, 0) is 36.5 Å². The molecule has 0 spiro atoms. The molecule has 2 unspecified atom stereocenters. The number of amides is 1. The Morgan fingerprint density at radius 2 is 2.24 bits per heavy atom. The van der Waals surface area contributed by atoms with Gasteiger partial charge in [0, 0.05) is 0 Å². The van der Waals surface area contributed by atoms with Gasteiger partial charge in [0.25, 0.3) is 0 Å². The number of carbonyl (C=O) groups is 2. The summed E-state index contributed by atoms with van der Waals surface area (Å²) in [7, 11) is 0. The van der Waals surface area contributed by atoms with Crippen LogP contribution in [-0.4, -0.2) is 41.6 Å². The summed E-state index contributed by atoms with van der Waals surface area (Å²) < 4.78 is 5.57. The van der Waals surface area contributed by atoms with Crippen LogP contribution in [0.1, 0.15) is 12.0 Å². The van der Waals surface area contributed by atoms with Gasteiger partial charge in [0.2, 0.25) is 5.91 Å². The van der Waals surface area contributed by atoms with E-state index in [4.69, 9.17) is 9.84 Å². The number of fused-ring (bicyclic) bond motifs is 1. The van der Waals surface area contributed by atoms with Gasteiger partial charge in [-0.25, -0.2) is 4.79 Å². The molecule has 0 radical (unpaired) electrons. The lowest BCUT2D eigenvalue weighted by molar-refractivity contribution is -0.142. The zero-order chi connectivity index (χ0) is 15.2. The van der Waals surface area contributed by atoms with Gasteiger partial charge in [-0.3, -0.25) is 4.79 Å². The maximum Gasteiger partial charge on any atom is 0.326 e.